The van der Waals surface area contributed by atoms with E-state index >= 15 is 0 Å². The minimum absolute atomic E-state index is 0. The van der Waals surface area contributed by atoms with Crippen molar-refractivity contribution < 1.29 is 43.7 Å². The maximum atomic E-state index is 2.26. The molecule has 0 nitrogen and oxygen atoms in total. The van der Waals surface area contributed by atoms with Gasteiger partial charge in [-0.3, -0.25) is 0 Å². The van der Waals surface area contributed by atoms with Gasteiger partial charge in [-0.05, 0) is 0 Å². The third-order valence-electron chi connectivity index (χ3n) is 1.47. The molecule has 1 rings (SSSR count). The quantitative estimate of drug-likeness (QED) is 0.361. The van der Waals surface area contributed by atoms with E-state index in [0.29, 0.717) is 0 Å². The summed E-state index contributed by atoms with van der Waals surface area (Å²) in [4.78, 5) is 0. The second kappa shape index (κ2) is 16.5. The molecule has 0 amide bonds. The third kappa shape index (κ3) is 11.1. The van der Waals surface area contributed by atoms with Gasteiger partial charge in [-0.1, -0.05) is 25.8 Å². The predicted molar refractivity (Wildman–Crippen MR) is 50.5 cm³/mol. The van der Waals surface area contributed by atoms with Crippen LogP contribution in [0.15, 0.2) is 30.3 Å². The Morgan fingerprint density at radius 3 is 2.00 bits per heavy atom. The molecule has 0 aliphatic heterocycles. The summed E-state index contributed by atoms with van der Waals surface area (Å²) in [6, 6.07) is 10.5. The monoisotopic (exact) mass is 234 g/mol. The summed E-state index contributed by atoms with van der Waals surface area (Å²) in [5.41, 5.74) is 1.34. The SMILES string of the molecule is CCC[CH-]c1ccccc1.[Cl-].[Cl-].[Li+].[Mg+2]. The van der Waals surface area contributed by atoms with Gasteiger partial charge < -0.3 is 24.8 Å². The first-order chi connectivity index (χ1) is 4.93. The molecule has 0 spiro atoms. The second-order valence-corrected chi connectivity index (χ2v) is 2.40. The fourth-order valence-electron chi connectivity index (χ4n) is 0.900. The van der Waals surface area contributed by atoms with Crippen LogP contribution in [0.4, 0.5) is 0 Å². The maximum Gasteiger partial charge on any atom is 2.00 e. The Kier molecular flexibility index (Phi) is 28.6. The molecule has 0 unspecified atom stereocenters. The van der Waals surface area contributed by atoms with E-state index in [9.17, 15) is 0 Å². The molecule has 70 valence electrons. The van der Waals surface area contributed by atoms with Crippen LogP contribution in [0.25, 0.3) is 0 Å². The fourth-order valence-corrected chi connectivity index (χ4v) is 0.900. The van der Waals surface area contributed by atoms with E-state index < -0.39 is 0 Å². The summed E-state index contributed by atoms with van der Waals surface area (Å²) < 4.78 is 0. The van der Waals surface area contributed by atoms with Gasteiger partial charge in [-0.25, -0.2) is 0 Å². The van der Waals surface area contributed by atoms with E-state index in [2.05, 4.69) is 37.6 Å². The van der Waals surface area contributed by atoms with Crippen molar-refractivity contribution in [1.82, 2.24) is 0 Å². The molecule has 0 heterocycles. The maximum absolute atomic E-state index is 2.26. The zero-order chi connectivity index (χ0) is 7.23. The average molecular weight is 235 g/mol. The van der Waals surface area contributed by atoms with Crippen molar-refractivity contribution >= 4 is 23.1 Å². The summed E-state index contributed by atoms with van der Waals surface area (Å²) in [5.74, 6) is 0. The molecule has 0 bridgehead atoms. The van der Waals surface area contributed by atoms with Gasteiger partial charge in [-0.2, -0.15) is 24.1 Å². The molecule has 0 N–H and O–H groups in total. The molecule has 1 aromatic rings. The first-order valence-electron chi connectivity index (χ1n) is 3.81. The number of benzene rings is 1. The van der Waals surface area contributed by atoms with E-state index in [0.717, 1.165) is 0 Å². The van der Waals surface area contributed by atoms with Gasteiger partial charge in [-0.15, -0.1) is 12.1 Å². The van der Waals surface area contributed by atoms with Crippen LogP contribution in [0, 0.1) is 6.42 Å². The zero-order valence-electron chi connectivity index (χ0n) is 8.84. The van der Waals surface area contributed by atoms with Crippen LogP contribution in [0.2, 0.25) is 0 Å². The van der Waals surface area contributed by atoms with Crippen LogP contribution in [0.1, 0.15) is 25.3 Å². The van der Waals surface area contributed by atoms with Gasteiger partial charge in [0.1, 0.15) is 0 Å². The van der Waals surface area contributed by atoms with E-state index in [4.69, 9.17) is 0 Å². The molecule has 0 fully saturated rings. The standard InChI is InChI=1S/C10H13.2ClH.Li.Mg/c1-2-3-7-10-8-5-4-6-9-10;;;;/h4-9H,2-3H2,1H3;2*1H;;/q-1;;;+1;+2/p-2. The molecule has 0 atom stereocenters. The Hall–Kier alpha value is 1.03. The summed E-state index contributed by atoms with van der Waals surface area (Å²) in [5, 5.41) is 0. The van der Waals surface area contributed by atoms with Gasteiger partial charge in [0.05, 0.1) is 0 Å². The minimum atomic E-state index is 0. The fraction of sp³-hybridized carbons (Fsp3) is 0.300. The molecule has 0 saturated carbocycles. The summed E-state index contributed by atoms with van der Waals surface area (Å²) in [6.07, 6.45) is 4.68. The van der Waals surface area contributed by atoms with Crippen LogP contribution in [0.3, 0.4) is 0 Å². The van der Waals surface area contributed by atoms with E-state index in [1.807, 2.05) is 6.07 Å². The van der Waals surface area contributed by atoms with Gasteiger partial charge in [0.15, 0.2) is 0 Å². The van der Waals surface area contributed by atoms with Crippen molar-refractivity contribution in [2.75, 3.05) is 0 Å². The molecule has 0 aliphatic rings. The Balaban J connectivity index is -0.000000125. The molecule has 0 aromatic heterocycles. The number of hydrogen-bond donors (Lipinski definition) is 0. The summed E-state index contributed by atoms with van der Waals surface area (Å²) in [6.45, 7) is 2.19. The Morgan fingerprint density at radius 1 is 1.07 bits per heavy atom. The molecule has 0 aliphatic carbocycles. The van der Waals surface area contributed by atoms with E-state index in [1.165, 1.54) is 18.4 Å². The summed E-state index contributed by atoms with van der Waals surface area (Å²) in [7, 11) is 0. The summed E-state index contributed by atoms with van der Waals surface area (Å²) >= 11 is 0. The van der Waals surface area contributed by atoms with Gasteiger partial charge in [0, 0.05) is 0 Å². The first-order valence-corrected chi connectivity index (χ1v) is 3.81. The molecule has 1 aromatic carbocycles. The van der Waals surface area contributed by atoms with Crippen LogP contribution < -0.4 is 43.7 Å². The van der Waals surface area contributed by atoms with Crippen molar-refractivity contribution in [3.05, 3.63) is 42.3 Å². The van der Waals surface area contributed by atoms with Gasteiger partial charge >= 0.3 is 41.9 Å². The van der Waals surface area contributed by atoms with Crippen molar-refractivity contribution in [1.29, 1.82) is 0 Å². The van der Waals surface area contributed by atoms with Crippen molar-refractivity contribution in [3.63, 3.8) is 0 Å². The van der Waals surface area contributed by atoms with Crippen molar-refractivity contribution in [2.24, 2.45) is 0 Å². The molecule has 4 heteroatoms. The van der Waals surface area contributed by atoms with Crippen molar-refractivity contribution in [2.45, 2.75) is 19.8 Å². The average Bonchev–Trinajstić information content (AvgIpc) is 2.03. The molecular formula is C10H13Cl2LiMg. The van der Waals surface area contributed by atoms with Crippen LogP contribution >= 0.6 is 0 Å². The van der Waals surface area contributed by atoms with Crippen LogP contribution in [-0.2, 0) is 0 Å². The Morgan fingerprint density at radius 2 is 1.57 bits per heavy atom. The number of halogens is 2. The van der Waals surface area contributed by atoms with Gasteiger partial charge in [0.2, 0.25) is 0 Å². The number of unbranched alkanes of at least 4 members (excludes halogenated alkanes) is 1. The topological polar surface area (TPSA) is 0 Å². The molecule has 0 radical (unpaired) electrons. The molecule has 14 heavy (non-hydrogen) atoms. The smallest absolute Gasteiger partial charge is 1.00 e. The van der Waals surface area contributed by atoms with Crippen LogP contribution in [-0.4, -0.2) is 23.1 Å². The van der Waals surface area contributed by atoms with Crippen molar-refractivity contribution in [3.8, 4) is 0 Å². The van der Waals surface area contributed by atoms with Gasteiger partial charge in [0.25, 0.3) is 0 Å². The second-order valence-electron chi connectivity index (χ2n) is 2.40. The minimum Gasteiger partial charge on any atom is -1.00 e. The first kappa shape index (κ1) is 24.3. The zero-order valence-corrected chi connectivity index (χ0v) is 11.8. The van der Waals surface area contributed by atoms with Crippen LogP contribution in [0.5, 0.6) is 0 Å². The Bertz CT molecular complexity index is 183. The van der Waals surface area contributed by atoms with E-state index in [1.54, 1.807) is 0 Å². The predicted octanol–water partition coefficient (Wildman–Crippen LogP) is -6.33. The Labute approximate surface area is 128 Å². The largest absolute Gasteiger partial charge is 2.00 e. The molecular weight excluding hydrogens is 222 g/mol. The number of hydrogen-bond acceptors (Lipinski definition) is 0. The molecule has 0 saturated heterocycles. The van der Waals surface area contributed by atoms with E-state index in [-0.39, 0.29) is 66.7 Å². The normalized spacial score (nSPS) is 6.64. The third-order valence-corrected chi connectivity index (χ3v) is 1.47. The number of rotatable bonds is 3.